The van der Waals surface area contributed by atoms with Crippen LogP contribution in [0.15, 0.2) is 36.4 Å². The number of hydrogen-bond donors (Lipinski definition) is 1. The number of halogens is 1. The van der Waals surface area contributed by atoms with E-state index in [1.165, 1.54) is 16.3 Å². The van der Waals surface area contributed by atoms with E-state index in [0.717, 1.165) is 10.4 Å². The van der Waals surface area contributed by atoms with E-state index in [4.69, 9.17) is 11.6 Å². The van der Waals surface area contributed by atoms with Crippen LogP contribution in [0.3, 0.4) is 0 Å². The molecule has 1 atom stereocenters. The number of benzene rings is 1. The topological polar surface area (TPSA) is 49.4 Å². The van der Waals surface area contributed by atoms with Crippen molar-refractivity contribution in [1.82, 2.24) is 10.4 Å². The summed E-state index contributed by atoms with van der Waals surface area (Å²) in [5.74, 6) is -0.288. The molecule has 0 bridgehead atoms. The van der Waals surface area contributed by atoms with Crippen molar-refractivity contribution in [3.8, 4) is 10.4 Å². The highest BCUT2D eigenvalue weighted by Gasteiger charge is 2.31. The van der Waals surface area contributed by atoms with Gasteiger partial charge in [0.05, 0.1) is 17.3 Å². The average molecular weight is 321 g/mol. The van der Waals surface area contributed by atoms with Crippen LogP contribution in [0.25, 0.3) is 10.4 Å². The van der Waals surface area contributed by atoms with Crippen LogP contribution in [0.5, 0.6) is 0 Å². The molecule has 2 amide bonds. The van der Waals surface area contributed by atoms with Crippen molar-refractivity contribution in [2.24, 2.45) is 0 Å². The first kappa shape index (κ1) is 14.1. The molecule has 108 valence electrons. The van der Waals surface area contributed by atoms with Crippen LogP contribution < -0.4 is 5.43 Å². The smallest absolute Gasteiger partial charge is 0.273 e. The summed E-state index contributed by atoms with van der Waals surface area (Å²) in [7, 11) is 0. The van der Waals surface area contributed by atoms with Gasteiger partial charge in [-0.15, -0.1) is 11.3 Å². The van der Waals surface area contributed by atoms with E-state index >= 15 is 0 Å². The molecule has 3 rings (SSSR count). The molecule has 6 heteroatoms. The van der Waals surface area contributed by atoms with Crippen LogP contribution in [-0.4, -0.2) is 22.9 Å². The Balaban J connectivity index is 1.83. The number of hydrogen-bond acceptors (Lipinski definition) is 3. The SMILES string of the molecule is CC1CC(=O)NN1C(=O)c1ccc(-c2ccc(Cl)cc2)s1. The van der Waals surface area contributed by atoms with E-state index in [2.05, 4.69) is 5.43 Å². The van der Waals surface area contributed by atoms with E-state index in [1.807, 2.05) is 37.3 Å². The Morgan fingerprint density at radius 3 is 2.62 bits per heavy atom. The quantitative estimate of drug-likeness (QED) is 0.922. The number of rotatable bonds is 2. The lowest BCUT2D eigenvalue weighted by molar-refractivity contribution is -0.120. The van der Waals surface area contributed by atoms with Gasteiger partial charge in [0.15, 0.2) is 0 Å². The molecule has 2 aromatic rings. The van der Waals surface area contributed by atoms with Gasteiger partial charge in [0, 0.05) is 9.90 Å². The van der Waals surface area contributed by atoms with Crippen LogP contribution >= 0.6 is 22.9 Å². The third-order valence-corrected chi connectivity index (χ3v) is 4.71. The highest BCUT2D eigenvalue weighted by Crippen LogP contribution is 2.30. The predicted molar refractivity (Wildman–Crippen MR) is 83.2 cm³/mol. The Labute approximate surface area is 131 Å². The fraction of sp³-hybridized carbons (Fsp3) is 0.200. The van der Waals surface area contributed by atoms with Crippen molar-refractivity contribution in [3.63, 3.8) is 0 Å². The molecule has 21 heavy (non-hydrogen) atoms. The highest BCUT2D eigenvalue weighted by atomic mass is 35.5. The number of nitrogens with one attached hydrogen (secondary N) is 1. The van der Waals surface area contributed by atoms with E-state index in [-0.39, 0.29) is 17.9 Å². The summed E-state index contributed by atoms with van der Waals surface area (Å²) in [5, 5.41) is 2.08. The minimum atomic E-state index is -0.168. The third kappa shape index (κ3) is 2.80. The van der Waals surface area contributed by atoms with Gasteiger partial charge in [-0.05, 0) is 36.8 Å². The van der Waals surface area contributed by atoms with Gasteiger partial charge in [-0.1, -0.05) is 23.7 Å². The molecule has 0 radical (unpaired) electrons. The Morgan fingerprint density at radius 2 is 2.00 bits per heavy atom. The van der Waals surface area contributed by atoms with Gasteiger partial charge in [0.2, 0.25) is 5.91 Å². The first-order valence-corrected chi connectivity index (χ1v) is 7.73. The fourth-order valence-electron chi connectivity index (χ4n) is 2.24. The number of nitrogens with zero attached hydrogens (tertiary/aromatic N) is 1. The number of hydrazine groups is 1. The van der Waals surface area contributed by atoms with Crippen LogP contribution in [0.2, 0.25) is 5.02 Å². The molecule has 1 N–H and O–H groups in total. The average Bonchev–Trinajstić information content (AvgIpc) is 3.06. The first-order valence-electron chi connectivity index (χ1n) is 6.53. The molecule has 0 aliphatic carbocycles. The Kier molecular flexibility index (Phi) is 3.69. The summed E-state index contributed by atoms with van der Waals surface area (Å²) in [4.78, 5) is 25.3. The lowest BCUT2D eigenvalue weighted by atomic mass is 10.2. The van der Waals surface area contributed by atoms with Gasteiger partial charge in [-0.3, -0.25) is 15.0 Å². The number of carbonyl (C=O) groups is 2. The number of amides is 2. The zero-order chi connectivity index (χ0) is 15.0. The fourth-order valence-corrected chi connectivity index (χ4v) is 3.32. The second-order valence-electron chi connectivity index (χ2n) is 4.93. The molecule has 1 aromatic carbocycles. The van der Waals surface area contributed by atoms with Crippen molar-refractivity contribution in [3.05, 3.63) is 46.3 Å². The summed E-state index contributed by atoms with van der Waals surface area (Å²) >= 11 is 7.28. The molecule has 0 spiro atoms. The Morgan fingerprint density at radius 1 is 1.29 bits per heavy atom. The monoisotopic (exact) mass is 320 g/mol. The maximum atomic E-state index is 12.4. The summed E-state index contributed by atoms with van der Waals surface area (Å²) < 4.78 is 0. The summed E-state index contributed by atoms with van der Waals surface area (Å²) in [5.41, 5.74) is 3.61. The van der Waals surface area contributed by atoms with Crippen molar-refractivity contribution in [1.29, 1.82) is 0 Å². The Hall–Kier alpha value is -1.85. The van der Waals surface area contributed by atoms with Crippen LogP contribution in [0.4, 0.5) is 0 Å². The van der Waals surface area contributed by atoms with Gasteiger partial charge in [0.25, 0.3) is 5.91 Å². The first-order chi connectivity index (χ1) is 10.0. The third-order valence-electron chi connectivity index (χ3n) is 3.33. The van der Waals surface area contributed by atoms with Crippen LogP contribution in [0, 0.1) is 0 Å². The van der Waals surface area contributed by atoms with Crippen molar-refractivity contribution in [2.75, 3.05) is 0 Å². The normalized spacial score (nSPS) is 17.9. The second-order valence-corrected chi connectivity index (χ2v) is 6.45. The van der Waals surface area contributed by atoms with E-state index < -0.39 is 0 Å². The van der Waals surface area contributed by atoms with Gasteiger partial charge in [-0.2, -0.15) is 0 Å². The lowest BCUT2D eigenvalue weighted by Gasteiger charge is -2.19. The predicted octanol–water partition coefficient (Wildman–Crippen LogP) is 3.33. The molecule has 2 heterocycles. The van der Waals surface area contributed by atoms with Crippen LogP contribution in [-0.2, 0) is 4.79 Å². The van der Waals surface area contributed by atoms with E-state index in [9.17, 15) is 9.59 Å². The molecular weight excluding hydrogens is 308 g/mol. The molecule has 1 saturated heterocycles. The second kappa shape index (κ2) is 5.50. The molecule has 0 saturated carbocycles. The maximum absolute atomic E-state index is 12.4. The van der Waals surface area contributed by atoms with Crippen LogP contribution in [0.1, 0.15) is 23.0 Å². The van der Waals surface area contributed by atoms with Crippen molar-refractivity contribution < 1.29 is 9.59 Å². The summed E-state index contributed by atoms with van der Waals surface area (Å²) in [6.07, 6.45) is 0.348. The minimum Gasteiger partial charge on any atom is -0.273 e. The number of thiophene rings is 1. The van der Waals surface area contributed by atoms with Gasteiger partial charge >= 0.3 is 0 Å². The van der Waals surface area contributed by atoms with Gasteiger partial charge in [-0.25, -0.2) is 5.01 Å². The maximum Gasteiger partial charge on any atom is 0.282 e. The zero-order valence-electron chi connectivity index (χ0n) is 11.3. The minimum absolute atomic E-state index is 0.119. The molecule has 1 aliphatic heterocycles. The molecule has 1 aliphatic rings. The lowest BCUT2D eigenvalue weighted by Crippen LogP contribution is -2.41. The Bertz CT molecular complexity index is 696. The summed E-state index contributed by atoms with van der Waals surface area (Å²) in [6, 6.07) is 11.1. The molecule has 4 nitrogen and oxygen atoms in total. The molecular formula is C15H13ClN2O2S. The van der Waals surface area contributed by atoms with Gasteiger partial charge in [0.1, 0.15) is 0 Å². The standard InChI is InChI=1S/C15H13ClN2O2S/c1-9-8-14(19)17-18(9)15(20)13-7-6-12(21-13)10-2-4-11(16)5-3-10/h2-7,9H,8H2,1H3,(H,17,19). The highest BCUT2D eigenvalue weighted by molar-refractivity contribution is 7.17. The molecule has 1 aromatic heterocycles. The van der Waals surface area contributed by atoms with Gasteiger partial charge < -0.3 is 0 Å². The molecule has 1 unspecified atom stereocenters. The molecule has 1 fully saturated rings. The van der Waals surface area contributed by atoms with Crippen molar-refractivity contribution in [2.45, 2.75) is 19.4 Å². The van der Waals surface area contributed by atoms with E-state index in [1.54, 1.807) is 6.07 Å². The largest absolute Gasteiger partial charge is 0.282 e. The number of carbonyl (C=O) groups excluding carboxylic acids is 2. The van der Waals surface area contributed by atoms with Crippen molar-refractivity contribution >= 4 is 34.8 Å². The van der Waals surface area contributed by atoms with E-state index in [0.29, 0.717) is 16.3 Å². The zero-order valence-corrected chi connectivity index (χ0v) is 12.9. The summed E-state index contributed by atoms with van der Waals surface area (Å²) in [6.45, 7) is 1.85.